The minimum absolute atomic E-state index is 0.0727. The van der Waals surface area contributed by atoms with Gasteiger partial charge in [-0.05, 0) is 90.0 Å². The van der Waals surface area contributed by atoms with Crippen molar-refractivity contribution in [3.63, 3.8) is 0 Å². The maximum Gasteiger partial charge on any atom is 0.156 e. The van der Waals surface area contributed by atoms with Gasteiger partial charge in [0.25, 0.3) is 0 Å². The predicted molar refractivity (Wildman–Crippen MR) is 236 cm³/mol. The fourth-order valence-electron chi connectivity index (χ4n) is 8.53. The van der Waals surface area contributed by atoms with Crippen LogP contribution in [0, 0.1) is 0 Å². The lowest BCUT2D eigenvalue weighted by Crippen LogP contribution is -2.17. The van der Waals surface area contributed by atoms with Gasteiger partial charge in [0.15, 0.2) is 5.84 Å². The van der Waals surface area contributed by atoms with Crippen LogP contribution in [0.1, 0.15) is 29.2 Å². The number of nitrogens with zero attached hydrogens (tertiary/aromatic N) is 2. The lowest BCUT2D eigenvalue weighted by molar-refractivity contribution is 0.754. The summed E-state index contributed by atoms with van der Waals surface area (Å²) in [5.74, 6) is 0.787. The Balaban J connectivity index is 1.12. The molecule has 0 N–H and O–H groups in total. The molecule has 1 aliphatic heterocycles. The Kier molecular flexibility index (Phi) is 7.53. The summed E-state index contributed by atoms with van der Waals surface area (Å²) in [5, 5.41) is 10.1. The standard InChI is InChI=1S/C52H34N2S/c1-3-13-33(14-4-1)34-23-25-36(26-24-34)48-32-47(35-15-5-2-6-16-35)53-52(54-48)46-30-38(31-50-51(46)44-21-11-12-22-49(44)55-50)37-27-28-43-41-19-8-7-17-39(41)40-18-9-10-20-42(40)45(43)29-37/h1-31,48H,32H2. The largest absolute Gasteiger partial charge is 0.258 e. The summed E-state index contributed by atoms with van der Waals surface area (Å²) in [5.41, 5.74) is 9.24. The van der Waals surface area contributed by atoms with Crippen LogP contribution in [-0.4, -0.2) is 11.5 Å². The monoisotopic (exact) mass is 718 g/mol. The average molecular weight is 719 g/mol. The van der Waals surface area contributed by atoms with E-state index in [0.717, 1.165) is 29.1 Å². The molecule has 0 saturated heterocycles. The molecule has 55 heavy (non-hydrogen) atoms. The van der Waals surface area contributed by atoms with Crippen LogP contribution in [0.3, 0.4) is 0 Å². The Bertz CT molecular complexity index is 3120. The number of thiophene rings is 1. The molecule has 1 atom stereocenters. The van der Waals surface area contributed by atoms with Crippen molar-refractivity contribution in [1.29, 1.82) is 0 Å². The third-order valence-electron chi connectivity index (χ3n) is 11.2. The first-order valence-electron chi connectivity index (χ1n) is 18.9. The van der Waals surface area contributed by atoms with E-state index in [9.17, 15) is 0 Å². The lowest BCUT2D eigenvalue weighted by atomic mass is 9.91. The van der Waals surface area contributed by atoms with Crippen molar-refractivity contribution in [3.8, 4) is 22.3 Å². The Hall–Kier alpha value is -6.68. The van der Waals surface area contributed by atoms with Crippen LogP contribution in [-0.2, 0) is 0 Å². The molecule has 0 amide bonds. The summed E-state index contributed by atoms with van der Waals surface area (Å²) in [6.45, 7) is 0. The zero-order valence-electron chi connectivity index (χ0n) is 30.0. The fraction of sp³-hybridized carbons (Fsp3) is 0.0385. The first kappa shape index (κ1) is 31.8. The van der Waals surface area contributed by atoms with Gasteiger partial charge in [0.1, 0.15) is 0 Å². The van der Waals surface area contributed by atoms with Crippen molar-refractivity contribution < 1.29 is 0 Å². The van der Waals surface area contributed by atoms with Crippen molar-refractivity contribution in [1.82, 2.24) is 0 Å². The number of amidine groups is 1. The number of fused-ring (bicyclic) bond motifs is 9. The minimum atomic E-state index is -0.0727. The smallest absolute Gasteiger partial charge is 0.156 e. The molecule has 258 valence electrons. The van der Waals surface area contributed by atoms with Gasteiger partial charge in [-0.15, -0.1) is 11.3 Å². The molecular weight excluding hydrogens is 685 g/mol. The highest BCUT2D eigenvalue weighted by Gasteiger charge is 2.25. The molecule has 2 nitrogen and oxygen atoms in total. The van der Waals surface area contributed by atoms with E-state index in [2.05, 4.69) is 188 Å². The van der Waals surface area contributed by atoms with Gasteiger partial charge in [-0.25, -0.2) is 4.99 Å². The summed E-state index contributed by atoms with van der Waals surface area (Å²) in [6, 6.07) is 68.1. The predicted octanol–water partition coefficient (Wildman–Crippen LogP) is 14.2. The van der Waals surface area contributed by atoms with Gasteiger partial charge in [0.05, 0.1) is 11.8 Å². The van der Waals surface area contributed by atoms with Crippen LogP contribution in [0.5, 0.6) is 0 Å². The highest BCUT2D eigenvalue weighted by molar-refractivity contribution is 7.26. The normalized spacial score (nSPS) is 14.5. The van der Waals surface area contributed by atoms with Gasteiger partial charge in [0, 0.05) is 32.2 Å². The van der Waals surface area contributed by atoms with Gasteiger partial charge < -0.3 is 0 Å². The first-order chi connectivity index (χ1) is 27.2. The third kappa shape index (κ3) is 5.47. The van der Waals surface area contributed by atoms with Gasteiger partial charge in [0.2, 0.25) is 0 Å². The topological polar surface area (TPSA) is 24.7 Å². The van der Waals surface area contributed by atoms with Crippen LogP contribution < -0.4 is 0 Å². The van der Waals surface area contributed by atoms with E-state index in [1.807, 2.05) is 11.3 Å². The van der Waals surface area contributed by atoms with Gasteiger partial charge in [-0.3, -0.25) is 4.99 Å². The molecule has 0 fully saturated rings. The molecule has 0 spiro atoms. The molecule has 3 heteroatoms. The Morgan fingerprint density at radius 3 is 1.64 bits per heavy atom. The number of rotatable bonds is 5. The maximum atomic E-state index is 5.53. The van der Waals surface area contributed by atoms with Gasteiger partial charge in [-0.1, -0.05) is 164 Å². The van der Waals surface area contributed by atoms with E-state index < -0.39 is 0 Å². The molecule has 0 saturated carbocycles. The number of hydrogen-bond acceptors (Lipinski definition) is 3. The molecule has 1 aliphatic rings. The summed E-state index contributed by atoms with van der Waals surface area (Å²) in [4.78, 5) is 11.0. The molecule has 2 heterocycles. The molecule has 1 aromatic heterocycles. The summed E-state index contributed by atoms with van der Waals surface area (Å²) < 4.78 is 2.51. The van der Waals surface area contributed by atoms with E-state index in [4.69, 9.17) is 9.98 Å². The van der Waals surface area contributed by atoms with Crippen molar-refractivity contribution in [2.45, 2.75) is 12.5 Å². The third-order valence-corrected chi connectivity index (χ3v) is 12.3. The molecular formula is C52H34N2S. The molecule has 10 aromatic rings. The Morgan fingerprint density at radius 2 is 0.945 bits per heavy atom. The molecule has 1 unspecified atom stereocenters. The van der Waals surface area contributed by atoms with E-state index in [-0.39, 0.29) is 6.04 Å². The Morgan fingerprint density at radius 1 is 0.400 bits per heavy atom. The highest BCUT2D eigenvalue weighted by atomic mass is 32.1. The fourth-order valence-corrected chi connectivity index (χ4v) is 9.70. The van der Waals surface area contributed by atoms with E-state index in [0.29, 0.717) is 0 Å². The van der Waals surface area contributed by atoms with Crippen LogP contribution >= 0.6 is 11.3 Å². The first-order valence-corrected chi connectivity index (χ1v) is 19.7. The molecule has 0 radical (unpaired) electrons. The van der Waals surface area contributed by atoms with E-state index in [1.165, 1.54) is 80.3 Å². The zero-order chi connectivity index (χ0) is 36.3. The minimum Gasteiger partial charge on any atom is -0.258 e. The quantitative estimate of drug-likeness (QED) is 0.158. The highest BCUT2D eigenvalue weighted by Crippen LogP contribution is 2.43. The van der Waals surface area contributed by atoms with Crippen molar-refractivity contribution >= 4 is 75.4 Å². The van der Waals surface area contributed by atoms with E-state index >= 15 is 0 Å². The second-order valence-corrected chi connectivity index (χ2v) is 15.5. The maximum absolute atomic E-state index is 5.53. The molecule has 9 aromatic carbocycles. The zero-order valence-corrected chi connectivity index (χ0v) is 30.8. The van der Waals surface area contributed by atoms with E-state index in [1.54, 1.807) is 0 Å². The number of hydrogen-bond donors (Lipinski definition) is 0. The van der Waals surface area contributed by atoms with Gasteiger partial charge in [-0.2, -0.15) is 0 Å². The lowest BCUT2D eigenvalue weighted by Gasteiger charge is -2.22. The summed E-state index contributed by atoms with van der Waals surface area (Å²) >= 11 is 1.85. The number of aliphatic imine (C=N–C) groups is 2. The van der Waals surface area contributed by atoms with Crippen molar-refractivity contribution in [3.05, 3.63) is 205 Å². The average Bonchev–Trinajstić information content (AvgIpc) is 3.65. The molecule has 0 aliphatic carbocycles. The van der Waals surface area contributed by atoms with Crippen LogP contribution in [0.15, 0.2) is 198 Å². The van der Waals surface area contributed by atoms with Crippen LogP contribution in [0.25, 0.3) is 74.7 Å². The summed E-state index contributed by atoms with van der Waals surface area (Å²) in [7, 11) is 0. The van der Waals surface area contributed by atoms with Crippen molar-refractivity contribution in [2.75, 3.05) is 0 Å². The second-order valence-electron chi connectivity index (χ2n) is 14.4. The molecule has 11 rings (SSSR count). The molecule has 0 bridgehead atoms. The van der Waals surface area contributed by atoms with Crippen LogP contribution in [0.2, 0.25) is 0 Å². The second kappa shape index (κ2) is 13.0. The van der Waals surface area contributed by atoms with Crippen molar-refractivity contribution in [2.24, 2.45) is 9.98 Å². The van der Waals surface area contributed by atoms with Crippen LogP contribution in [0.4, 0.5) is 0 Å². The Labute approximate surface area is 323 Å². The number of benzene rings is 9. The SMILES string of the molecule is c1ccc(C2=NC(c3cc(-c4ccc5c6ccccc6c6ccccc6c5c4)cc4sc5ccccc5c34)=NC(c3ccc(-c4ccccc4)cc3)C2)cc1. The van der Waals surface area contributed by atoms with Gasteiger partial charge >= 0.3 is 0 Å². The summed E-state index contributed by atoms with van der Waals surface area (Å²) in [6.07, 6.45) is 0.733.